The number of carbonyl (C=O) groups is 1. The van der Waals surface area contributed by atoms with E-state index in [0.29, 0.717) is 37.5 Å². The number of benzene rings is 3. The summed E-state index contributed by atoms with van der Waals surface area (Å²) in [7, 11) is -2.48. The van der Waals surface area contributed by atoms with Crippen LogP contribution in [0.15, 0.2) is 87.7 Å². The van der Waals surface area contributed by atoms with Crippen LogP contribution in [0.25, 0.3) is 22.2 Å². The number of aromatic amines is 1. The average molecular weight is 630 g/mol. The third-order valence-corrected chi connectivity index (χ3v) is 8.79. The van der Waals surface area contributed by atoms with Gasteiger partial charge in [-0.2, -0.15) is 4.72 Å². The first-order valence-electron chi connectivity index (χ1n) is 11.7. The van der Waals surface area contributed by atoms with Crippen molar-refractivity contribution in [2.24, 2.45) is 0 Å². The highest BCUT2D eigenvalue weighted by Crippen LogP contribution is 2.27. The van der Waals surface area contributed by atoms with Crippen LogP contribution in [0.2, 0.25) is 0 Å². The van der Waals surface area contributed by atoms with Crippen LogP contribution < -0.4 is 14.8 Å². The van der Waals surface area contributed by atoms with Gasteiger partial charge in [-0.3, -0.25) is 4.79 Å². The zero-order valence-corrected chi connectivity index (χ0v) is 23.7. The molecule has 12 heteroatoms. The lowest BCUT2D eigenvalue weighted by Gasteiger charge is -2.18. The van der Waals surface area contributed by atoms with Crippen molar-refractivity contribution in [1.29, 1.82) is 0 Å². The third-order valence-electron chi connectivity index (χ3n) is 6.01. The molecule has 8 nitrogen and oxygen atoms in total. The molecular formula is C27H22BrFN4O4S2. The van der Waals surface area contributed by atoms with Gasteiger partial charge in [-0.15, -0.1) is 11.3 Å². The molecule has 5 rings (SSSR count). The molecule has 2 heterocycles. The maximum absolute atomic E-state index is 14.0. The highest BCUT2D eigenvalue weighted by Gasteiger charge is 2.28. The minimum absolute atomic E-state index is 0.00418. The Labute approximate surface area is 236 Å². The first-order chi connectivity index (χ1) is 18.7. The van der Waals surface area contributed by atoms with Gasteiger partial charge in [0.2, 0.25) is 15.9 Å². The number of carbonyl (C=O) groups excluding carboxylic acids is 1. The fourth-order valence-electron chi connectivity index (χ4n) is 4.01. The van der Waals surface area contributed by atoms with Crippen LogP contribution in [0.1, 0.15) is 5.56 Å². The van der Waals surface area contributed by atoms with E-state index in [-0.39, 0.29) is 11.3 Å². The number of fused-ring (bicyclic) bond motifs is 1. The number of sulfonamides is 1. The largest absolute Gasteiger partial charge is 0.497 e. The van der Waals surface area contributed by atoms with Crippen LogP contribution in [0.3, 0.4) is 0 Å². The number of nitrogens with one attached hydrogen (secondary N) is 3. The topological polar surface area (TPSA) is 113 Å². The molecule has 0 saturated carbocycles. The second-order valence-electron chi connectivity index (χ2n) is 8.59. The van der Waals surface area contributed by atoms with Gasteiger partial charge >= 0.3 is 0 Å². The van der Waals surface area contributed by atoms with Crippen LogP contribution >= 0.6 is 27.3 Å². The molecule has 0 radical (unpaired) electrons. The van der Waals surface area contributed by atoms with Crippen molar-refractivity contribution in [1.82, 2.24) is 14.7 Å². The first-order valence-corrected chi connectivity index (χ1v) is 14.8. The predicted molar refractivity (Wildman–Crippen MR) is 153 cm³/mol. The Morgan fingerprint density at radius 2 is 1.87 bits per heavy atom. The molecule has 200 valence electrons. The number of nitrogens with zero attached hydrogens (tertiary/aromatic N) is 1. The van der Waals surface area contributed by atoms with E-state index in [4.69, 9.17) is 4.74 Å². The Kier molecular flexibility index (Phi) is 7.80. The molecule has 0 aliphatic rings. The molecule has 2 aromatic heterocycles. The minimum Gasteiger partial charge on any atom is -0.497 e. The third kappa shape index (κ3) is 6.19. The van der Waals surface area contributed by atoms with Crippen LogP contribution in [0.4, 0.5) is 9.52 Å². The Bertz CT molecular complexity index is 1740. The van der Waals surface area contributed by atoms with Crippen molar-refractivity contribution in [2.75, 3.05) is 12.4 Å². The fourth-order valence-corrected chi connectivity index (χ4v) is 6.20. The summed E-state index contributed by atoms with van der Waals surface area (Å²) < 4.78 is 48.8. The van der Waals surface area contributed by atoms with Gasteiger partial charge in [-0.1, -0.05) is 15.9 Å². The van der Waals surface area contributed by atoms with Gasteiger partial charge in [-0.05, 0) is 78.7 Å². The molecular weight excluding hydrogens is 607 g/mol. The molecule has 5 aromatic rings. The molecule has 0 fully saturated rings. The smallest absolute Gasteiger partial charge is 0.244 e. The zero-order valence-electron chi connectivity index (χ0n) is 20.4. The second kappa shape index (κ2) is 11.3. The Morgan fingerprint density at radius 1 is 1.13 bits per heavy atom. The number of H-pyrrole nitrogens is 1. The summed E-state index contributed by atoms with van der Waals surface area (Å²) in [5.74, 6) is -0.328. The zero-order chi connectivity index (χ0) is 27.6. The van der Waals surface area contributed by atoms with E-state index in [0.717, 1.165) is 5.56 Å². The number of amides is 1. The second-order valence-corrected chi connectivity index (χ2v) is 12.1. The van der Waals surface area contributed by atoms with Gasteiger partial charge < -0.3 is 15.0 Å². The van der Waals surface area contributed by atoms with Crippen molar-refractivity contribution in [2.45, 2.75) is 17.4 Å². The summed E-state index contributed by atoms with van der Waals surface area (Å²) in [6.07, 6.45) is 1.62. The number of aromatic nitrogens is 2. The maximum Gasteiger partial charge on any atom is 0.244 e. The molecule has 1 amide bonds. The van der Waals surface area contributed by atoms with Crippen molar-refractivity contribution in [3.05, 3.63) is 94.2 Å². The van der Waals surface area contributed by atoms with E-state index < -0.39 is 27.8 Å². The van der Waals surface area contributed by atoms with Crippen molar-refractivity contribution < 1.29 is 22.3 Å². The molecule has 0 spiro atoms. The molecule has 0 aliphatic heterocycles. The fraction of sp³-hybridized carbons (Fsp3) is 0.111. The quantitative estimate of drug-likeness (QED) is 0.193. The lowest BCUT2D eigenvalue weighted by molar-refractivity contribution is -0.117. The highest BCUT2D eigenvalue weighted by atomic mass is 79.9. The summed E-state index contributed by atoms with van der Waals surface area (Å²) >= 11 is 4.51. The van der Waals surface area contributed by atoms with Crippen molar-refractivity contribution in [3.63, 3.8) is 0 Å². The molecule has 1 unspecified atom stereocenters. The van der Waals surface area contributed by atoms with Crippen LogP contribution in [-0.2, 0) is 21.2 Å². The minimum atomic E-state index is -4.07. The van der Waals surface area contributed by atoms with E-state index in [1.165, 1.54) is 35.6 Å². The molecule has 39 heavy (non-hydrogen) atoms. The summed E-state index contributed by atoms with van der Waals surface area (Å²) in [5, 5.41) is 5.40. The Balaban J connectivity index is 1.42. The molecule has 1 atom stereocenters. The van der Waals surface area contributed by atoms with E-state index in [2.05, 4.69) is 35.9 Å². The number of anilines is 1. The van der Waals surface area contributed by atoms with E-state index in [1.54, 1.807) is 36.9 Å². The molecule has 0 bridgehead atoms. The maximum atomic E-state index is 14.0. The SMILES string of the molecule is COc1ccc(-c2csc(NC(=O)C(Cc3c[nH]c4ccc(F)cc34)NS(=O)(=O)c3ccc(Br)cc3)n2)cc1. The number of rotatable bonds is 9. The molecule has 0 saturated heterocycles. The van der Waals surface area contributed by atoms with E-state index >= 15 is 0 Å². The summed E-state index contributed by atoms with van der Waals surface area (Å²) in [4.78, 5) is 21.0. The van der Waals surface area contributed by atoms with Crippen molar-refractivity contribution >= 4 is 59.2 Å². The number of hydrogen-bond acceptors (Lipinski definition) is 6. The van der Waals surface area contributed by atoms with Gasteiger partial charge in [0.15, 0.2) is 5.13 Å². The number of halogens is 2. The van der Waals surface area contributed by atoms with Crippen LogP contribution in [-0.4, -0.2) is 37.4 Å². The predicted octanol–water partition coefficient (Wildman–Crippen LogP) is 5.73. The molecule has 3 aromatic carbocycles. The van der Waals surface area contributed by atoms with Gasteiger partial charge in [0, 0.05) is 32.5 Å². The highest BCUT2D eigenvalue weighted by molar-refractivity contribution is 9.10. The molecule has 3 N–H and O–H groups in total. The Hall–Kier alpha value is -3.58. The number of hydrogen-bond donors (Lipinski definition) is 3. The molecule has 0 aliphatic carbocycles. The van der Waals surface area contributed by atoms with Gasteiger partial charge in [0.05, 0.1) is 17.7 Å². The van der Waals surface area contributed by atoms with E-state index in [9.17, 15) is 17.6 Å². The lowest BCUT2D eigenvalue weighted by atomic mass is 10.1. The number of ether oxygens (including phenoxy) is 1. The van der Waals surface area contributed by atoms with Gasteiger partial charge in [0.1, 0.15) is 17.6 Å². The lowest BCUT2D eigenvalue weighted by Crippen LogP contribution is -2.45. The summed E-state index contributed by atoms with van der Waals surface area (Å²) in [5.41, 5.74) is 2.74. The number of thiazole rings is 1. The number of methoxy groups -OCH3 is 1. The summed E-state index contributed by atoms with van der Waals surface area (Å²) in [6, 6.07) is 16.4. The van der Waals surface area contributed by atoms with Gasteiger partial charge in [0.25, 0.3) is 0 Å². The Morgan fingerprint density at radius 3 is 2.59 bits per heavy atom. The first kappa shape index (κ1) is 27.0. The van der Waals surface area contributed by atoms with Crippen LogP contribution in [0.5, 0.6) is 5.75 Å². The van der Waals surface area contributed by atoms with Crippen molar-refractivity contribution in [3.8, 4) is 17.0 Å². The summed E-state index contributed by atoms with van der Waals surface area (Å²) in [6.45, 7) is 0. The van der Waals surface area contributed by atoms with Gasteiger partial charge in [-0.25, -0.2) is 17.8 Å². The standard InChI is InChI=1S/C27H22BrFN4O4S2/c1-37-20-7-2-16(3-8-20)25-15-38-27(31-25)32-26(34)24(33-39(35,36)21-9-4-18(28)5-10-21)12-17-14-30-23-11-6-19(29)13-22(17)23/h2-11,13-15,24,30,33H,12H2,1H3,(H,31,32,34). The average Bonchev–Trinajstić information content (AvgIpc) is 3.55. The van der Waals surface area contributed by atoms with E-state index in [1.807, 2.05) is 24.3 Å². The van der Waals surface area contributed by atoms with Crippen LogP contribution in [0, 0.1) is 5.82 Å². The monoisotopic (exact) mass is 628 g/mol. The normalized spacial score (nSPS) is 12.4.